The van der Waals surface area contributed by atoms with E-state index in [1.165, 1.54) is 30.3 Å². The molecule has 3 rings (SSSR count). The molecule has 1 aromatic heterocycles. The maximum atomic E-state index is 14.0. The number of aromatic hydroxyl groups is 1. The fraction of sp³-hybridized carbons (Fsp3) is 0.133. The quantitative estimate of drug-likeness (QED) is 0.773. The van der Waals surface area contributed by atoms with Gasteiger partial charge in [-0.25, -0.2) is 13.8 Å². The van der Waals surface area contributed by atoms with Crippen molar-refractivity contribution in [2.45, 2.75) is 13.5 Å². The fourth-order valence-corrected chi connectivity index (χ4v) is 2.35. The predicted octanol–water partition coefficient (Wildman–Crippen LogP) is 3.71. The molecule has 0 radical (unpaired) electrons. The first-order chi connectivity index (χ1) is 9.61. The van der Waals surface area contributed by atoms with Gasteiger partial charge >= 0.3 is 0 Å². The SMILES string of the molecule is CCn1c(-c2c(O)cccc2F)nc2cc(F)ccc21. The Hall–Kier alpha value is -2.43. The predicted molar refractivity (Wildman–Crippen MR) is 72.4 cm³/mol. The Morgan fingerprint density at radius 3 is 2.70 bits per heavy atom. The molecule has 0 saturated carbocycles. The minimum atomic E-state index is -0.560. The summed E-state index contributed by atoms with van der Waals surface area (Å²) in [7, 11) is 0. The average molecular weight is 274 g/mol. The first-order valence-electron chi connectivity index (χ1n) is 6.25. The molecule has 5 heteroatoms. The zero-order valence-electron chi connectivity index (χ0n) is 10.8. The molecule has 2 aromatic carbocycles. The van der Waals surface area contributed by atoms with Crippen LogP contribution in [0.2, 0.25) is 0 Å². The van der Waals surface area contributed by atoms with E-state index in [2.05, 4.69) is 4.98 Å². The molecule has 0 atom stereocenters. The summed E-state index contributed by atoms with van der Waals surface area (Å²) in [4.78, 5) is 4.26. The molecule has 0 amide bonds. The summed E-state index contributed by atoms with van der Waals surface area (Å²) in [5.41, 5.74) is 1.17. The average Bonchev–Trinajstić information content (AvgIpc) is 2.75. The number of benzene rings is 2. The van der Waals surface area contributed by atoms with Gasteiger partial charge in [0.05, 0.1) is 16.6 Å². The molecule has 1 heterocycles. The molecule has 0 aliphatic heterocycles. The topological polar surface area (TPSA) is 38.0 Å². The van der Waals surface area contributed by atoms with Gasteiger partial charge in [-0.15, -0.1) is 0 Å². The zero-order valence-corrected chi connectivity index (χ0v) is 10.8. The molecule has 102 valence electrons. The number of nitrogens with zero attached hydrogens (tertiary/aromatic N) is 2. The van der Waals surface area contributed by atoms with Crippen molar-refractivity contribution in [2.24, 2.45) is 0 Å². The van der Waals surface area contributed by atoms with E-state index in [-0.39, 0.29) is 11.3 Å². The highest BCUT2D eigenvalue weighted by Gasteiger charge is 2.18. The van der Waals surface area contributed by atoms with Gasteiger partial charge in [0, 0.05) is 12.6 Å². The number of aromatic nitrogens is 2. The van der Waals surface area contributed by atoms with Crippen molar-refractivity contribution in [3.63, 3.8) is 0 Å². The van der Waals surface area contributed by atoms with Crippen molar-refractivity contribution in [3.8, 4) is 17.1 Å². The van der Waals surface area contributed by atoms with Crippen LogP contribution in [0.15, 0.2) is 36.4 Å². The Morgan fingerprint density at radius 1 is 1.20 bits per heavy atom. The van der Waals surface area contributed by atoms with Crippen LogP contribution in [0.4, 0.5) is 8.78 Å². The molecule has 0 spiro atoms. The van der Waals surface area contributed by atoms with Gasteiger partial charge in [-0.05, 0) is 31.2 Å². The summed E-state index contributed by atoms with van der Waals surface area (Å²) >= 11 is 0. The first kappa shape index (κ1) is 12.6. The number of aryl methyl sites for hydroxylation is 1. The van der Waals surface area contributed by atoms with Crippen molar-refractivity contribution < 1.29 is 13.9 Å². The van der Waals surface area contributed by atoms with E-state index in [0.717, 1.165) is 0 Å². The number of fused-ring (bicyclic) bond motifs is 1. The molecule has 3 aromatic rings. The van der Waals surface area contributed by atoms with Gasteiger partial charge < -0.3 is 9.67 Å². The van der Waals surface area contributed by atoms with E-state index in [4.69, 9.17) is 0 Å². The summed E-state index contributed by atoms with van der Waals surface area (Å²) in [6, 6.07) is 8.31. The van der Waals surface area contributed by atoms with Crippen LogP contribution in [0, 0.1) is 11.6 Å². The molecule has 1 N–H and O–H groups in total. The van der Waals surface area contributed by atoms with Crippen LogP contribution in [-0.4, -0.2) is 14.7 Å². The van der Waals surface area contributed by atoms with Crippen LogP contribution in [0.5, 0.6) is 5.75 Å². The third-order valence-corrected chi connectivity index (χ3v) is 3.24. The molecule has 0 fully saturated rings. The molecule has 0 saturated heterocycles. The standard InChI is InChI=1S/C15H12F2N2O/c1-2-19-12-7-6-9(16)8-11(12)18-15(19)14-10(17)4-3-5-13(14)20/h3-8,20H,2H2,1H3. The Morgan fingerprint density at radius 2 is 2.00 bits per heavy atom. The lowest BCUT2D eigenvalue weighted by Gasteiger charge is -2.08. The number of imidazole rings is 1. The van der Waals surface area contributed by atoms with Crippen LogP contribution in [-0.2, 0) is 6.54 Å². The van der Waals surface area contributed by atoms with Gasteiger partial charge in [0.1, 0.15) is 23.2 Å². The number of hydrogen-bond acceptors (Lipinski definition) is 2. The summed E-state index contributed by atoms with van der Waals surface area (Å²) in [5, 5.41) is 9.88. The number of halogens is 2. The molecular weight excluding hydrogens is 262 g/mol. The third-order valence-electron chi connectivity index (χ3n) is 3.24. The maximum Gasteiger partial charge on any atom is 0.147 e. The number of rotatable bonds is 2. The fourth-order valence-electron chi connectivity index (χ4n) is 2.35. The van der Waals surface area contributed by atoms with Gasteiger partial charge in [0.2, 0.25) is 0 Å². The van der Waals surface area contributed by atoms with Gasteiger partial charge in [0.25, 0.3) is 0 Å². The monoisotopic (exact) mass is 274 g/mol. The molecule has 0 aliphatic rings. The van der Waals surface area contributed by atoms with Crippen LogP contribution < -0.4 is 0 Å². The van der Waals surface area contributed by atoms with E-state index >= 15 is 0 Å². The van der Waals surface area contributed by atoms with Gasteiger partial charge in [-0.2, -0.15) is 0 Å². The summed E-state index contributed by atoms with van der Waals surface area (Å²) in [6.07, 6.45) is 0. The molecule has 0 unspecified atom stereocenters. The first-order valence-corrected chi connectivity index (χ1v) is 6.25. The van der Waals surface area contributed by atoms with E-state index < -0.39 is 11.6 Å². The lowest BCUT2D eigenvalue weighted by atomic mass is 10.1. The molecule has 3 nitrogen and oxygen atoms in total. The second kappa shape index (κ2) is 4.59. The number of phenols is 1. The lowest BCUT2D eigenvalue weighted by Crippen LogP contribution is -1.99. The van der Waals surface area contributed by atoms with Crippen LogP contribution in [0.1, 0.15) is 6.92 Å². The minimum Gasteiger partial charge on any atom is -0.507 e. The highest BCUT2D eigenvalue weighted by molar-refractivity contribution is 5.82. The zero-order chi connectivity index (χ0) is 14.3. The minimum absolute atomic E-state index is 0.0333. The Bertz CT molecular complexity index is 776. The highest BCUT2D eigenvalue weighted by atomic mass is 19.1. The second-order valence-electron chi connectivity index (χ2n) is 4.45. The van der Waals surface area contributed by atoms with Crippen molar-refractivity contribution in [3.05, 3.63) is 48.0 Å². The molecule has 20 heavy (non-hydrogen) atoms. The maximum absolute atomic E-state index is 14.0. The molecule has 0 aliphatic carbocycles. The van der Waals surface area contributed by atoms with Crippen molar-refractivity contribution in [1.29, 1.82) is 0 Å². The Labute approximate surface area is 114 Å². The van der Waals surface area contributed by atoms with E-state index in [1.807, 2.05) is 6.92 Å². The Balaban J connectivity index is 2.36. The van der Waals surface area contributed by atoms with Crippen molar-refractivity contribution in [2.75, 3.05) is 0 Å². The number of phenolic OH excluding ortho intramolecular Hbond substituents is 1. The summed E-state index contributed by atoms with van der Waals surface area (Å²) in [5.74, 6) is -0.850. The third kappa shape index (κ3) is 1.82. The van der Waals surface area contributed by atoms with Gasteiger partial charge in [0.15, 0.2) is 0 Å². The second-order valence-corrected chi connectivity index (χ2v) is 4.45. The van der Waals surface area contributed by atoms with Gasteiger partial charge in [-0.3, -0.25) is 0 Å². The van der Waals surface area contributed by atoms with Gasteiger partial charge in [-0.1, -0.05) is 6.07 Å². The Kier molecular flexibility index (Phi) is 2.89. The van der Waals surface area contributed by atoms with Crippen LogP contribution >= 0.6 is 0 Å². The lowest BCUT2D eigenvalue weighted by molar-refractivity contribution is 0.471. The van der Waals surface area contributed by atoms with E-state index in [1.54, 1.807) is 10.6 Å². The molecular formula is C15H12F2N2O. The highest BCUT2D eigenvalue weighted by Crippen LogP contribution is 2.33. The van der Waals surface area contributed by atoms with Crippen LogP contribution in [0.3, 0.4) is 0 Å². The summed E-state index contributed by atoms with van der Waals surface area (Å²) < 4.78 is 29.0. The smallest absolute Gasteiger partial charge is 0.147 e. The van der Waals surface area contributed by atoms with E-state index in [0.29, 0.717) is 23.4 Å². The summed E-state index contributed by atoms with van der Waals surface area (Å²) in [6.45, 7) is 2.41. The normalized spacial score (nSPS) is 11.2. The van der Waals surface area contributed by atoms with Crippen molar-refractivity contribution in [1.82, 2.24) is 9.55 Å². The van der Waals surface area contributed by atoms with Crippen molar-refractivity contribution >= 4 is 11.0 Å². The van der Waals surface area contributed by atoms with E-state index in [9.17, 15) is 13.9 Å². The number of hydrogen-bond donors (Lipinski definition) is 1. The van der Waals surface area contributed by atoms with Crippen LogP contribution in [0.25, 0.3) is 22.4 Å². The molecule has 0 bridgehead atoms. The largest absolute Gasteiger partial charge is 0.507 e.